The van der Waals surface area contributed by atoms with Crippen molar-refractivity contribution in [1.82, 2.24) is 20.2 Å². The molecule has 3 aromatic carbocycles. The van der Waals surface area contributed by atoms with Gasteiger partial charge >= 0.3 is 17.8 Å². The number of methoxy groups -OCH3 is 1. The lowest BCUT2D eigenvalue weighted by atomic mass is 9.79. The highest BCUT2D eigenvalue weighted by Crippen LogP contribution is 2.44. The summed E-state index contributed by atoms with van der Waals surface area (Å²) < 4.78 is 62.8. The van der Waals surface area contributed by atoms with Crippen LogP contribution < -0.4 is 26.8 Å². The fraction of sp³-hybridized carbons (Fsp3) is 0.324. The average molecular weight is 754 g/mol. The van der Waals surface area contributed by atoms with Gasteiger partial charge in [-0.15, -0.1) is 0 Å². The van der Waals surface area contributed by atoms with Gasteiger partial charge in [0.15, 0.2) is 12.0 Å². The molecule has 1 aliphatic rings. The molecule has 0 aliphatic carbocycles. The molecule has 1 unspecified atom stereocenters. The van der Waals surface area contributed by atoms with E-state index >= 15 is 0 Å². The van der Waals surface area contributed by atoms with Crippen LogP contribution in [0.2, 0.25) is 0 Å². The highest BCUT2D eigenvalue weighted by molar-refractivity contribution is 5.82. The number of carbonyl (C=O) groups is 3. The van der Waals surface area contributed by atoms with E-state index in [1.54, 1.807) is 53.8 Å². The number of nitrogens with two attached hydrogens (primary N) is 1. The third-order valence-corrected chi connectivity index (χ3v) is 8.63. The molecular formula is C37H38F3N5O9. The second-order valence-electron chi connectivity index (χ2n) is 12.2. The Hall–Kier alpha value is -5.62. The zero-order chi connectivity index (χ0) is 39.0. The van der Waals surface area contributed by atoms with Crippen molar-refractivity contribution >= 4 is 23.4 Å². The van der Waals surface area contributed by atoms with E-state index in [0.717, 1.165) is 4.57 Å². The Morgan fingerprint density at radius 3 is 2.04 bits per heavy atom. The summed E-state index contributed by atoms with van der Waals surface area (Å²) in [4.78, 5) is 54.1. The first-order valence-corrected chi connectivity index (χ1v) is 16.6. The standard InChI is InChI=1S/C37H38F3N5O9/c1-22(46)30(54-36(23-9-5-3-6-10-23,24-11-7-4-8-12-24)25-13-15-26(51-2)16-14-25)31-29(48)32(33(53-31)45-20-17-27(41)44-35(45)50)52-21-28(47)42-18-19-43-34(49)37(38,39)40/h3-17,20,29-33,48H,18-19,21H2,1-2H3,(H,42,47)(H,43,49)(H2,41,44,50)/t29-,30?,31+,32-,33-/m1/s1. The minimum absolute atomic E-state index is 0.110. The summed E-state index contributed by atoms with van der Waals surface area (Å²) in [5.74, 6) is -3.12. The SMILES string of the molecule is COc1ccc(C(OC(C(C)=O)[C@H]2O[C@@H](n3ccc(N)nc3=O)[C@H](OCC(=O)NCCNC(=O)C(F)(F)F)[C@@H]2O)(c2ccccc2)c2ccccc2)cc1. The van der Waals surface area contributed by atoms with Crippen LogP contribution >= 0.6 is 0 Å². The number of ketones is 1. The van der Waals surface area contributed by atoms with E-state index in [4.69, 9.17) is 24.7 Å². The van der Waals surface area contributed by atoms with Crippen molar-refractivity contribution in [3.05, 3.63) is 124 Å². The van der Waals surface area contributed by atoms with Crippen molar-refractivity contribution < 1.29 is 51.6 Å². The molecular weight excluding hydrogens is 715 g/mol. The molecule has 1 saturated heterocycles. The molecule has 5 N–H and O–H groups in total. The third kappa shape index (κ3) is 8.77. The Bertz CT molecular complexity index is 1920. The molecule has 0 bridgehead atoms. The molecule has 5 rings (SSSR count). The Labute approximate surface area is 307 Å². The fourth-order valence-electron chi connectivity index (χ4n) is 6.10. The Kier molecular flexibility index (Phi) is 12.5. The van der Waals surface area contributed by atoms with Gasteiger partial charge in [0.1, 0.15) is 48.2 Å². The second kappa shape index (κ2) is 17.0. The first kappa shape index (κ1) is 39.6. The van der Waals surface area contributed by atoms with Crippen LogP contribution in [0.1, 0.15) is 29.8 Å². The van der Waals surface area contributed by atoms with E-state index in [2.05, 4.69) is 10.3 Å². The van der Waals surface area contributed by atoms with Crippen LogP contribution in [0.3, 0.4) is 0 Å². The van der Waals surface area contributed by atoms with Gasteiger partial charge in [-0.2, -0.15) is 18.2 Å². The molecule has 0 saturated carbocycles. The van der Waals surface area contributed by atoms with E-state index < -0.39 is 78.9 Å². The summed E-state index contributed by atoms with van der Waals surface area (Å²) >= 11 is 0. The number of Topliss-reactive ketones (excluding diaryl/α,β-unsaturated/α-hetero) is 1. The Morgan fingerprint density at radius 2 is 1.50 bits per heavy atom. The predicted octanol–water partition coefficient (Wildman–Crippen LogP) is 2.24. The van der Waals surface area contributed by atoms with E-state index in [0.29, 0.717) is 22.4 Å². The van der Waals surface area contributed by atoms with Crippen LogP contribution in [0.5, 0.6) is 5.75 Å². The van der Waals surface area contributed by atoms with Gasteiger partial charge in [0.05, 0.1) is 7.11 Å². The maximum Gasteiger partial charge on any atom is 0.471 e. The van der Waals surface area contributed by atoms with Crippen molar-refractivity contribution in [2.75, 3.05) is 32.5 Å². The van der Waals surface area contributed by atoms with Gasteiger partial charge in [-0.05, 0) is 41.8 Å². The summed E-state index contributed by atoms with van der Waals surface area (Å²) in [6.07, 6.45) is -11.6. The predicted molar refractivity (Wildman–Crippen MR) is 186 cm³/mol. The summed E-state index contributed by atoms with van der Waals surface area (Å²) in [5.41, 5.74) is 5.13. The number of aliphatic hydroxyl groups is 1. The fourth-order valence-corrected chi connectivity index (χ4v) is 6.10. The molecule has 0 radical (unpaired) electrons. The van der Waals surface area contributed by atoms with Crippen molar-refractivity contribution in [2.45, 2.75) is 49.3 Å². The van der Waals surface area contributed by atoms with Crippen LogP contribution in [-0.4, -0.2) is 89.7 Å². The number of anilines is 1. The van der Waals surface area contributed by atoms with Crippen molar-refractivity contribution in [3.8, 4) is 5.75 Å². The minimum Gasteiger partial charge on any atom is -0.497 e. The highest BCUT2D eigenvalue weighted by Gasteiger charge is 2.53. The molecule has 2 heterocycles. The summed E-state index contributed by atoms with van der Waals surface area (Å²) in [6, 6.07) is 26.5. The van der Waals surface area contributed by atoms with Crippen LogP contribution in [0, 0.1) is 0 Å². The van der Waals surface area contributed by atoms with Crippen molar-refractivity contribution in [3.63, 3.8) is 0 Å². The normalized spacial score (nSPS) is 19.1. The summed E-state index contributed by atoms with van der Waals surface area (Å²) in [6.45, 7) is -0.435. The summed E-state index contributed by atoms with van der Waals surface area (Å²) in [7, 11) is 1.52. The molecule has 14 nitrogen and oxygen atoms in total. The van der Waals surface area contributed by atoms with Gasteiger partial charge in [-0.25, -0.2) is 4.79 Å². The largest absolute Gasteiger partial charge is 0.497 e. The number of ether oxygens (including phenoxy) is 4. The van der Waals surface area contributed by atoms with Gasteiger partial charge in [-0.1, -0.05) is 72.8 Å². The molecule has 17 heteroatoms. The molecule has 54 heavy (non-hydrogen) atoms. The van der Waals surface area contributed by atoms with Crippen molar-refractivity contribution in [1.29, 1.82) is 0 Å². The number of alkyl halides is 3. The van der Waals surface area contributed by atoms with Crippen LogP contribution in [-0.2, 0) is 34.2 Å². The molecule has 5 atom stereocenters. The molecule has 1 fully saturated rings. The quantitative estimate of drug-likeness (QED) is 0.103. The number of halogens is 3. The van der Waals surface area contributed by atoms with E-state index in [9.17, 15) is 37.5 Å². The molecule has 1 aliphatic heterocycles. The maximum atomic E-state index is 13.7. The smallest absolute Gasteiger partial charge is 0.471 e. The number of nitrogens with zero attached hydrogens (tertiary/aromatic N) is 2. The van der Waals surface area contributed by atoms with E-state index in [-0.39, 0.29) is 12.4 Å². The lowest BCUT2D eigenvalue weighted by Gasteiger charge is -2.40. The highest BCUT2D eigenvalue weighted by atomic mass is 19.4. The van der Waals surface area contributed by atoms with Gasteiger partial charge < -0.3 is 40.4 Å². The number of aliphatic hydroxyl groups excluding tert-OH is 1. The third-order valence-electron chi connectivity index (χ3n) is 8.63. The zero-order valence-corrected chi connectivity index (χ0v) is 29.1. The number of hydrogen-bond donors (Lipinski definition) is 4. The van der Waals surface area contributed by atoms with Gasteiger partial charge in [-0.3, -0.25) is 19.0 Å². The number of hydrogen-bond acceptors (Lipinski definition) is 11. The molecule has 2 amide bonds. The second-order valence-corrected chi connectivity index (χ2v) is 12.2. The molecule has 1 aromatic heterocycles. The average Bonchev–Trinajstić information content (AvgIpc) is 3.47. The number of nitrogen functional groups attached to an aromatic ring is 1. The molecule has 4 aromatic rings. The molecule has 286 valence electrons. The summed E-state index contributed by atoms with van der Waals surface area (Å²) in [5, 5.41) is 15.8. The lowest BCUT2D eigenvalue weighted by Crippen LogP contribution is -2.49. The van der Waals surface area contributed by atoms with Crippen LogP contribution in [0.4, 0.5) is 19.0 Å². The number of amides is 2. The minimum atomic E-state index is -5.09. The lowest BCUT2D eigenvalue weighted by molar-refractivity contribution is -0.173. The first-order valence-electron chi connectivity index (χ1n) is 16.6. The zero-order valence-electron chi connectivity index (χ0n) is 29.1. The number of benzene rings is 3. The first-order chi connectivity index (χ1) is 25.8. The molecule has 0 spiro atoms. The van der Waals surface area contributed by atoms with Gasteiger partial charge in [0, 0.05) is 19.3 Å². The number of aromatic nitrogens is 2. The Morgan fingerprint density at radius 1 is 0.926 bits per heavy atom. The Balaban J connectivity index is 1.50. The van der Waals surface area contributed by atoms with Gasteiger partial charge in [0.25, 0.3) is 0 Å². The van der Waals surface area contributed by atoms with Crippen LogP contribution in [0.15, 0.2) is 102 Å². The van der Waals surface area contributed by atoms with Crippen molar-refractivity contribution in [2.24, 2.45) is 0 Å². The van der Waals surface area contributed by atoms with Crippen LogP contribution in [0.25, 0.3) is 0 Å². The number of nitrogens with one attached hydrogen (secondary N) is 2. The van der Waals surface area contributed by atoms with Gasteiger partial charge in [0.2, 0.25) is 5.91 Å². The van der Waals surface area contributed by atoms with E-state index in [1.807, 2.05) is 36.4 Å². The van der Waals surface area contributed by atoms with E-state index in [1.165, 1.54) is 26.3 Å². The monoisotopic (exact) mass is 753 g/mol. The number of rotatable bonds is 15. The maximum absolute atomic E-state index is 13.7. The number of carbonyl (C=O) groups excluding carboxylic acids is 3. The topological polar surface area (TPSA) is 193 Å².